The summed E-state index contributed by atoms with van der Waals surface area (Å²) >= 11 is 0. The molecule has 7 nitrogen and oxygen atoms in total. The maximum absolute atomic E-state index is 12.0. The summed E-state index contributed by atoms with van der Waals surface area (Å²) in [5.41, 5.74) is 3.70. The Balaban J connectivity index is 1.59. The molecule has 0 unspecified atom stereocenters. The first kappa shape index (κ1) is 17.4. The molecule has 0 aliphatic rings. The van der Waals surface area contributed by atoms with E-state index in [9.17, 15) is 15.2 Å². The Bertz CT molecular complexity index is 1210. The lowest BCUT2D eigenvalue weighted by molar-refractivity contribution is -0.398. The number of hydrogen-bond acceptors (Lipinski definition) is 6. The van der Waals surface area contributed by atoms with Crippen LogP contribution in [0.15, 0.2) is 70.1 Å². The number of oxazole rings is 1. The number of aliphatic imine (C=N–C) groups is 1. The summed E-state index contributed by atoms with van der Waals surface area (Å²) < 4.78 is 5.80. The van der Waals surface area contributed by atoms with Crippen molar-refractivity contribution in [3.8, 4) is 17.2 Å². The molecule has 0 aliphatic heterocycles. The molecule has 7 heteroatoms. The average molecular weight is 372 g/mol. The second kappa shape index (κ2) is 6.96. The predicted octanol–water partition coefficient (Wildman–Crippen LogP) is 4.54. The van der Waals surface area contributed by atoms with Gasteiger partial charge >= 0.3 is 0 Å². The van der Waals surface area contributed by atoms with Crippen molar-refractivity contribution in [2.45, 2.75) is 6.92 Å². The highest BCUT2D eigenvalue weighted by Crippen LogP contribution is 2.28. The molecule has 0 saturated heterocycles. The van der Waals surface area contributed by atoms with Crippen LogP contribution >= 0.6 is 0 Å². The van der Waals surface area contributed by atoms with Crippen molar-refractivity contribution in [2.24, 2.45) is 4.99 Å². The monoisotopic (exact) mass is 372 g/mol. The van der Waals surface area contributed by atoms with E-state index in [-0.39, 0.29) is 5.56 Å². The Hall–Kier alpha value is -4.00. The van der Waals surface area contributed by atoms with Crippen molar-refractivity contribution in [1.29, 1.82) is 0 Å². The third-order valence-corrected chi connectivity index (χ3v) is 4.23. The summed E-state index contributed by atoms with van der Waals surface area (Å²) in [6, 6.07) is 17.1. The topological polar surface area (TPSA) is 105 Å². The van der Waals surface area contributed by atoms with E-state index in [0.29, 0.717) is 11.6 Å². The Morgan fingerprint density at radius 2 is 1.89 bits per heavy atom. The van der Waals surface area contributed by atoms with E-state index in [1.165, 1.54) is 24.4 Å². The quantitative estimate of drug-likeness (QED) is 0.297. The first-order valence-corrected chi connectivity index (χ1v) is 8.47. The Morgan fingerprint density at radius 3 is 2.64 bits per heavy atom. The van der Waals surface area contributed by atoms with Crippen LogP contribution in [0, 0.1) is 17.0 Å². The molecule has 0 radical (unpaired) electrons. The summed E-state index contributed by atoms with van der Waals surface area (Å²) in [7, 11) is 0. The summed E-state index contributed by atoms with van der Waals surface area (Å²) in [4.78, 5) is 18.9. The van der Waals surface area contributed by atoms with Gasteiger partial charge in [-0.05, 0) is 60.2 Å². The standard InChI is InChI=1S/C21H15N3O4/c1-13-5-10-17-19(11-13)28-21(23-17)14-6-8-16(9-7-14)22-12-15-3-2-4-18(20(15)25)24(26)27/h2-12,25H,1H3/p-1. The number of hydrogen-bond donors (Lipinski definition) is 0. The molecular formula is C21H14N3O4-. The van der Waals surface area contributed by atoms with E-state index in [4.69, 9.17) is 4.42 Å². The lowest BCUT2D eigenvalue weighted by atomic mass is 10.2. The molecule has 0 N–H and O–H groups in total. The number of benzene rings is 3. The maximum atomic E-state index is 12.0. The third kappa shape index (κ3) is 3.33. The van der Waals surface area contributed by atoms with Gasteiger partial charge < -0.3 is 9.52 Å². The summed E-state index contributed by atoms with van der Waals surface area (Å²) in [5, 5.41) is 22.9. The summed E-state index contributed by atoms with van der Waals surface area (Å²) in [5.74, 6) is -0.147. The van der Waals surface area contributed by atoms with Crippen LogP contribution in [0.5, 0.6) is 5.75 Å². The highest BCUT2D eigenvalue weighted by molar-refractivity contribution is 5.87. The molecule has 4 rings (SSSR count). The fourth-order valence-electron chi connectivity index (χ4n) is 2.78. The molecule has 0 aliphatic carbocycles. The van der Waals surface area contributed by atoms with Crippen LogP contribution in [0.4, 0.5) is 11.4 Å². The fourth-order valence-corrected chi connectivity index (χ4v) is 2.78. The number of nitro groups is 1. The van der Waals surface area contributed by atoms with E-state index in [2.05, 4.69) is 9.98 Å². The zero-order chi connectivity index (χ0) is 19.7. The van der Waals surface area contributed by atoms with Crippen LogP contribution in [0.3, 0.4) is 0 Å². The van der Waals surface area contributed by atoms with Crippen molar-refractivity contribution >= 4 is 28.7 Å². The third-order valence-electron chi connectivity index (χ3n) is 4.23. The fraction of sp³-hybridized carbons (Fsp3) is 0.0476. The van der Waals surface area contributed by atoms with Crippen LogP contribution in [-0.4, -0.2) is 16.1 Å². The summed E-state index contributed by atoms with van der Waals surface area (Å²) in [6.45, 7) is 1.99. The van der Waals surface area contributed by atoms with Gasteiger partial charge in [0.1, 0.15) is 5.52 Å². The van der Waals surface area contributed by atoms with Gasteiger partial charge in [-0.25, -0.2) is 4.98 Å². The van der Waals surface area contributed by atoms with Gasteiger partial charge in [-0.1, -0.05) is 18.2 Å². The second-order valence-electron chi connectivity index (χ2n) is 6.25. The van der Waals surface area contributed by atoms with Gasteiger partial charge in [0.25, 0.3) is 5.69 Å². The van der Waals surface area contributed by atoms with Gasteiger partial charge in [-0.3, -0.25) is 15.1 Å². The minimum absolute atomic E-state index is 0.160. The largest absolute Gasteiger partial charge is 0.867 e. The molecule has 0 saturated carbocycles. The molecule has 0 amide bonds. The van der Waals surface area contributed by atoms with Crippen molar-refractivity contribution in [3.63, 3.8) is 0 Å². The minimum atomic E-state index is -0.698. The highest BCUT2D eigenvalue weighted by Gasteiger charge is 2.09. The molecule has 0 fully saturated rings. The van der Waals surface area contributed by atoms with Crippen molar-refractivity contribution < 1.29 is 14.4 Å². The van der Waals surface area contributed by atoms with Crippen molar-refractivity contribution in [3.05, 3.63) is 81.9 Å². The van der Waals surface area contributed by atoms with Gasteiger partial charge in [0.05, 0.1) is 10.6 Å². The predicted molar refractivity (Wildman–Crippen MR) is 104 cm³/mol. The maximum Gasteiger partial charge on any atom is 0.262 e. The molecule has 4 aromatic rings. The van der Waals surface area contributed by atoms with E-state index in [1.54, 1.807) is 12.1 Å². The second-order valence-corrected chi connectivity index (χ2v) is 6.25. The van der Waals surface area contributed by atoms with E-state index in [1.807, 2.05) is 37.3 Å². The molecule has 0 spiro atoms. The van der Waals surface area contributed by atoms with Gasteiger partial charge in [0.15, 0.2) is 5.58 Å². The Morgan fingerprint density at radius 1 is 1.11 bits per heavy atom. The molecule has 0 atom stereocenters. The molecule has 1 heterocycles. The van der Waals surface area contributed by atoms with Crippen molar-refractivity contribution in [2.75, 3.05) is 0 Å². The first-order chi connectivity index (χ1) is 13.5. The van der Waals surface area contributed by atoms with E-state index < -0.39 is 16.4 Å². The lowest BCUT2D eigenvalue weighted by Gasteiger charge is -2.09. The molecular weight excluding hydrogens is 358 g/mol. The molecule has 138 valence electrons. The average Bonchev–Trinajstić information content (AvgIpc) is 3.10. The van der Waals surface area contributed by atoms with Crippen LogP contribution in [0.25, 0.3) is 22.6 Å². The van der Waals surface area contributed by atoms with Gasteiger partial charge in [0, 0.05) is 17.8 Å². The highest BCUT2D eigenvalue weighted by atomic mass is 16.6. The summed E-state index contributed by atoms with van der Waals surface area (Å²) in [6.07, 6.45) is 1.33. The molecule has 3 aromatic carbocycles. The number of nitrogens with zero attached hydrogens (tertiary/aromatic N) is 3. The first-order valence-electron chi connectivity index (χ1n) is 8.47. The van der Waals surface area contributed by atoms with Gasteiger partial charge in [-0.15, -0.1) is 0 Å². The lowest BCUT2D eigenvalue weighted by Crippen LogP contribution is -2.01. The van der Waals surface area contributed by atoms with Crippen molar-refractivity contribution in [1.82, 2.24) is 4.98 Å². The van der Waals surface area contributed by atoms with E-state index in [0.717, 1.165) is 22.2 Å². The molecule has 1 aromatic heterocycles. The van der Waals surface area contributed by atoms with Crippen LogP contribution in [-0.2, 0) is 0 Å². The normalized spacial score (nSPS) is 11.3. The number of fused-ring (bicyclic) bond motifs is 1. The SMILES string of the molecule is Cc1ccc2nc(-c3ccc(N=Cc4cccc([N+](=O)[O-])c4[O-])cc3)oc2c1. The van der Waals surface area contributed by atoms with Crippen LogP contribution in [0.2, 0.25) is 0 Å². The zero-order valence-corrected chi connectivity index (χ0v) is 14.8. The number of aromatic nitrogens is 1. The molecule has 0 bridgehead atoms. The van der Waals surface area contributed by atoms with Crippen LogP contribution in [0.1, 0.15) is 11.1 Å². The minimum Gasteiger partial charge on any atom is -0.867 e. The van der Waals surface area contributed by atoms with Gasteiger partial charge in [0.2, 0.25) is 5.89 Å². The number of nitro benzene ring substituents is 1. The van der Waals surface area contributed by atoms with E-state index >= 15 is 0 Å². The smallest absolute Gasteiger partial charge is 0.262 e. The number of para-hydroxylation sites is 1. The number of aryl methyl sites for hydroxylation is 1. The Labute approximate surface area is 159 Å². The zero-order valence-electron chi connectivity index (χ0n) is 14.8. The Kier molecular flexibility index (Phi) is 4.33. The van der Waals surface area contributed by atoms with Gasteiger partial charge in [-0.2, -0.15) is 0 Å². The van der Waals surface area contributed by atoms with Crippen LogP contribution < -0.4 is 5.11 Å². The molecule has 28 heavy (non-hydrogen) atoms. The number of rotatable bonds is 4.